The first-order chi connectivity index (χ1) is 13.6. The van der Waals surface area contributed by atoms with Crippen molar-refractivity contribution < 1.29 is 19.5 Å². The fraction of sp³-hybridized carbons (Fsp3) is 0.478. The molecular formula is C23H28N2O4. The first-order valence-corrected chi connectivity index (χ1v) is 10.1. The van der Waals surface area contributed by atoms with E-state index in [0.717, 1.165) is 0 Å². The molecule has 0 atom stereocenters. The van der Waals surface area contributed by atoms with Crippen LogP contribution < -0.4 is 0 Å². The lowest BCUT2D eigenvalue weighted by atomic mass is 9.75. The summed E-state index contributed by atoms with van der Waals surface area (Å²) >= 11 is 0. The predicted molar refractivity (Wildman–Crippen MR) is 111 cm³/mol. The number of aliphatic hydroxyl groups excluding tert-OH is 1. The summed E-state index contributed by atoms with van der Waals surface area (Å²) in [7, 11) is 0. The van der Waals surface area contributed by atoms with Gasteiger partial charge < -0.3 is 5.11 Å². The second kappa shape index (κ2) is 7.93. The molecule has 1 aromatic carbocycles. The molecule has 1 N–H and O–H groups in total. The summed E-state index contributed by atoms with van der Waals surface area (Å²) < 4.78 is 0. The van der Waals surface area contributed by atoms with Crippen LogP contribution in [-0.4, -0.2) is 45.9 Å². The molecule has 0 aromatic heterocycles. The van der Waals surface area contributed by atoms with Crippen molar-refractivity contribution in [2.45, 2.75) is 59.4 Å². The van der Waals surface area contributed by atoms with Crippen molar-refractivity contribution >= 4 is 23.3 Å². The van der Waals surface area contributed by atoms with Crippen molar-refractivity contribution in [3.05, 3.63) is 46.7 Å². The van der Waals surface area contributed by atoms with E-state index in [2.05, 4.69) is 4.99 Å². The van der Waals surface area contributed by atoms with Crippen LogP contribution in [0.25, 0.3) is 0 Å². The van der Waals surface area contributed by atoms with E-state index in [-0.39, 0.29) is 41.4 Å². The number of nitrogens with zero attached hydrogens (tertiary/aromatic N) is 2. The lowest BCUT2D eigenvalue weighted by Crippen LogP contribution is -2.32. The number of rotatable bonds is 6. The van der Waals surface area contributed by atoms with Crippen LogP contribution in [0, 0.1) is 5.41 Å². The number of benzene rings is 1. The van der Waals surface area contributed by atoms with Crippen molar-refractivity contribution in [1.29, 1.82) is 0 Å². The highest BCUT2D eigenvalue weighted by Gasteiger charge is 2.36. The van der Waals surface area contributed by atoms with Gasteiger partial charge in [-0.1, -0.05) is 26.0 Å². The van der Waals surface area contributed by atoms with Crippen LogP contribution in [0.2, 0.25) is 0 Å². The summed E-state index contributed by atoms with van der Waals surface area (Å²) in [6, 6.07) is 6.77. The van der Waals surface area contributed by atoms with Gasteiger partial charge in [-0.3, -0.25) is 24.3 Å². The number of amides is 2. The third-order valence-electron chi connectivity index (χ3n) is 5.23. The van der Waals surface area contributed by atoms with Crippen LogP contribution in [0.4, 0.5) is 0 Å². The first kappa shape index (κ1) is 21.0. The maximum Gasteiger partial charge on any atom is 0.261 e. The third-order valence-corrected chi connectivity index (χ3v) is 5.23. The van der Waals surface area contributed by atoms with Crippen LogP contribution >= 0.6 is 0 Å². The molecule has 29 heavy (non-hydrogen) atoms. The summed E-state index contributed by atoms with van der Waals surface area (Å²) in [6.07, 6.45) is 1.69. The van der Waals surface area contributed by atoms with Crippen LogP contribution in [0.1, 0.15) is 74.1 Å². The van der Waals surface area contributed by atoms with Gasteiger partial charge in [0, 0.05) is 31.1 Å². The molecule has 1 aliphatic carbocycles. The Labute approximate surface area is 171 Å². The zero-order valence-electron chi connectivity index (χ0n) is 17.5. The smallest absolute Gasteiger partial charge is 0.261 e. The highest BCUT2D eigenvalue weighted by Crippen LogP contribution is 2.36. The Morgan fingerprint density at radius 1 is 1.10 bits per heavy atom. The van der Waals surface area contributed by atoms with Crippen molar-refractivity contribution in [1.82, 2.24) is 4.90 Å². The number of aliphatic hydroxyl groups is 1. The van der Waals surface area contributed by atoms with Gasteiger partial charge in [-0.25, -0.2) is 0 Å². The summed E-state index contributed by atoms with van der Waals surface area (Å²) in [5.74, 6) is -0.582. The van der Waals surface area contributed by atoms with E-state index in [9.17, 15) is 19.5 Å². The summed E-state index contributed by atoms with van der Waals surface area (Å²) in [4.78, 5) is 43.5. The number of fused-ring (bicyclic) bond motifs is 1. The Balaban J connectivity index is 1.75. The molecule has 0 spiro atoms. The first-order valence-electron chi connectivity index (χ1n) is 10.1. The molecule has 2 amide bonds. The van der Waals surface area contributed by atoms with Crippen molar-refractivity contribution in [2.75, 3.05) is 6.54 Å². The molecule has 0 unspecified atom stereocenters. The Hall–Kier alpha value is -2.76. The molecular weight excluding hydrogens is 368 g/mol. The topological polar surface area (TPSA) is 87.0 Å². The molecule has 0 fully saturated rings. The lowest BCUT2D eigenvalue weighted by molar-refractivity contribution is -0.118. The van der Waals surface area contributed by atoms with Gasteiger partial charge in [0.1, 0.15) is 5.76 Å². The van der Waals surface area contributed by atoms with E-state index in [0.29, 0.717) is 48.1 Å². The van der Waals surface area contributed by atoms with Crippen molar-refractivity contribution in [3.8, 4) is 0 Å². The Morgan fingerprint density at radius 2 is 1.69 bits per heavy atom. The molecule has 6 heteroatoms. The van der Waals surface area contributed by atoms with E-state index < -0.39 is 0 Å². The van der Waals surface area contributed by atoms with Gasteiger partial charge in [0.25, 0.3) is 11.8 Å². The van der Waals surface area contributed by atoms with Gasteiger partial charge >= 0.3 is 0 Å². The molecule has 1 aliphatic heterocycles. The quantitative estimate of drug-likeness (QED) is 0.579. The molecule has 0 radical (unpaired) electrons. The minimum absolute atomic E-state index is 0.0349. The van der Waals surface area contributed by atoms with Crippen LogP contribution in [-0.2, 0) is 4.79 Å². The maximum atomic E-state index is 12.7. The average molecular weight is 396 g/mol. The second-order valence-electron chi connectivity index (χ2n) is 8.84. The summed E-state index contributed by atoms with van der Waals surface area (Å²) in [5, 5.41) is 10.5. The SMILES string of the molecule is CC(C)N=C(CCCN1C(=O)c2ccccc2C1=O)C1=C(O)CC(C)(C)CC1=O. The number of carbonyl (C=O) groups excluding carboxylic acids is 3. The van der Waals surface area contributed by atoms with Gasteiger partial charge in [0.05, 0.1) is 16.7 Å². The van der Waals surface area contributed by atoms with E-state index in [1.54, 1.807) is 24.3 Å². The van der Waals surface area contributed by atoms with E-state index >= 15 is 0 Å². The van der Waals surface area contributed by atoms with Gasteiger partial charge in [-0.2, -0.15) is 0 Å². The highest BCUT2D eigenvalue weighted by atomic mass is 16.3. The Kier molecular flexibility index (Phi) is 5.73. The Morgan fingerprint density at radius 3 is 2.21 bits per heavy atom. The fourth-order valence-corrected chi connectivity index (χ4v) is 4.03. The molecule has 3 rings (SSSR count). The van der Waals surface area contributed by atoms with Crippen molar-refractivity contribution in [3.63, 3.8) is 0 Å². The molecule has 0 saturated heterocycles. The number of imide groups is 1. The van der Waals surface area contributed by atoms with Crippen LogP contribution in [0.3, 0.4) is 0 Å². The molecule has 154 valence electrons. The highest BCUT2D eigenvalue weighted by molar-refractivity contribution is 6.23. The molecule has 2 aliphatic rings. The normalized spacial score (nSPS) is 19.4. The van der Waals surface area contributed by atoms with Gasteiger partial charge in [0.15, 0.2) is 5.78 Å². The Bertz CT molecular complexity index is 890. The molecule has 0 bridgehead atoms. The number of hydrogen-bond acceptors (Lipinski definition) is 5. The van der Waals surface area contributed by atoms with Crippen LogP contribution in [0.5, 0.6) is 0 Å². The van der Waals surface area contributed by atoms with E-state index in [4.69, 9.17) is 0 Å². The van der Waals surface area contributed by atoms with E-state index in [1.165, 1.54) is 4.90 Å². The standard InChI is InChI=1S/C23H28N2O4/c1-14(2)24-17(20-18(26)12-23(3,4)13-19(20)27)10-7-11-25-21(28)15-8-5-6-9-16(15)22(25)29/h5-6,8-9,14,26H,7,10-13H2,1-4H3. The van der Waals surface area contributed by atoms with E-state index in [1.807, 2.05) is 27.7 Å². The van der Waals surface area contributed by atoms with Gasteiger partial charge in [-0.15, -0.1) is 0 Å². The van der Waals surface area contributed by atoms with Crippen molar-refractivity contribution in [2.24, 2.45) is 10.4 Å². The summed E-state index contributed by atoms with van der Waals surface area (Å²) in [5.41, 5.74) is 1.47. The number of ketones is 1. The lowest BCUT2D eigenvalue weighted by Gasteiger charge is -2.30. The molecule has 1 aromatic rings. The van der Waals surface area contributed by atoms with Crippen LogP contribution in [0.15, 0.2) is 40.6 Å². The second-order valence-corrected chi connectivity index (χ2v) is 8.84. The number of carbonyl (C=O) groups is 3. The maximum absolute atomic E-state index is 12.7. The number of aliphatic imine (C=N–C) groups is 1. The van der Waals surface area contributed by atoms with Gasteiger partial charge in [-0.05, 0) is 44.2 Å². The zero-order chi connectivity index (χ0) is 21.3. The minimum Gasteiger partial charge on any atom is -0.511 e. The molecule has 1 heterocycles. The monoisotopic (exact) mass is 396 g/mol. The molecule has 0 saturated carbocycles. The summed E-state index contributed by atoms with van der Waals surface area (Å²) in [6.45, 7) is 7.99. The fourth-order valence-electron chi connectivity index (χ4n) is 4.03. The minimum atomic E-state index is -0.287. The number of hydrogen-bond donors (Lipinski definition) is 1. The van der Waals surface area contributed by atoms with Gasteiger partial charge in [0.2, 0.25) is 0 Å². The predicted octanol–water partition coefficient (Wildman–Crippen LogP) is 4.11. The number of allylic oxidation sites excluding steroid dienone is 2. The molecule has 6 nitrogen and oxygen atoms in total. The number of Topliss-reactive ketones (excluding diaryl/α,β-unsaturated/α-hetero) is 1. The third kappa shape index (κ3) is 4.31. The largest absolute Gasteiger partial charge is 0.511 e. The average Bonchev–Trinajstić information content (AvgIpc) is 2.84. The zero-order valence-corrected chi connectivity index (χ0v) is 17.5.